The molecule has 2 aromatic carbocycles. The van der Waals surface area contributed by atoms with Gasteiger partial charge >= 0.3 is 0 Å². The molecule has 12 nitrogen and oxygen atoms in total. The number of anilines is 6. The van der Waals surface area contributed by atoms with E-state index < -0.39 is 20.0 Å². The fourth-order valence-corrected chi connectivity index (χ4v) is 5.82. The normalized spacial score (nSPS) is 13.8. The number of hydrogen-bond donors (Lipinski definition) is 3. The molecule has 2 aromatic heterocycles. The Morgan fingerprint density at radius 3 is 2.29 bits per heavy atom. The maximum atomic E-state index is 12.4. The zero-order chi connectivity index (χ0) is 27.1. The predicted molar refractivity (Wildman–Crippen MR) is 151 cm³/mol. The van der Waals surface area contributed by atoms with Gasteiger partial charge in [0.1, 0.15) is 17.0 Å². The van der Waals surface area contributed by atoms with Crippen molar-refractivity contribution in [3.05, 3.63) is 59.5 Å². The van der Waals surface area contributed by atoms with Crippen LogP contribution in [0, 0.1) is 0 Å². The summed E-state index contributed by atoms with van der Waals surface area (Å²) >= 11 is 3.44. The first-order valence-electron chi connectivity index (χ1n) is 11.4. The van der Waals surface area contributed by atoms with Gasteiger partial charge in [0.25, 0.3) is 0 Å². The Morgan fingerprint density at radius 1 is 0.921 bits per heavy atom. The molecule has 0 aliphatic heterocycles. The van der Waals surface area contributed by atoms with Gasteiger partial charge in [0.15, 0.2) is 0 Å². The molecule has 0 amide bonds. The summed E-state index contributed by atoms with van der Waals surface area (Å²) < 4.78 is 53.4. The first-order valence-corrected chi connectivity index (χ1v) is 15.6. The van der Waals surface area contributed by atoms with Crippen LogP contribution in [0.5, 0.6) is 0 Å². The van der Waals surface area contributed by atoms with E-state index in [2.05, 4.69) is 51.2 Å². The van der Waals surface area contributed by atoms with Crippen molar-refractivity contribution in [2.24, 2.45) is 0 Å². The van der Waals surface area contributed by atoms with Crippen LogP contribution in [0.4, 0.5) is 34.5 Å². The summed E-state index contributed by atoms with van der Waals surface area (Å²) in [6.45, 7) is 0. The number of nitrogens with one attached hydrogen (secondary N) is 3. The van der Waals surface area contributed by atoms with Gasteiger partial charge in [-0.15, -0.1) is 0 Å². The number of halogens is 1. The van der Waals surface area contributed by atoms with Crippen molar-refractivity contribution in [3.63, 3.8) is 0 Å². The van der Waals surface area contributed by atoms with Crippen LogP contribution >= 0.6 is 15.9 Å². The molecule has 0 atom stereocenters. The predicted octanol–water partition coefficient (Wildman–Crippen LogP) is 3.97. The molecule has 1 fully saturated rings. The van der Waals surface area contributed by atoms with Crippen molar-refractivity contribution in [1.82, 2.24) is 19.9 Å². The monoisotopic (exact) mass is 618 g/mol. The number of nitrogens with zero attached hydrogens (tertiary/aromatic N) is 5. The van der Waals surface area contributed by atoms with Crippen LogP contribution in [-0.2, 0) is 20.0 Å². The van der Waals surface area contributed by atoms with E-state index in [9.17, 15) is 16.8 Å². The molecule has 4 aromatic rings. The molecule has 0 spiro atoms. The minimum absolute atomic E-state index is 0.264. The van der Waals surface area contributed by atoms with E-state index in [0.29, 0.717) is 56.9 Å². The summed E-state index contributed by atoms with van der Waals surface area (Å²) in [4.78, 5) is 17.4. The number of sulfonamides is 2. The summed E-state index contributed by atoms with van der Waals surface area (Å²) in [5.74, 6) is 0.642. The lowest BCUT2D eigenvalue weighted by Gasteiger charge is -2.22. The van der Waals surface area contributed by atoms with E-state index >= 15 is 0 Å². The maximum absolute atomic E-state index is 12.4. The van der Waals surface area contributed by atoms with Crippen molar-refractivity contribution < 1.29 is 16.8 Å². The fourth-order valence-electron chi connectivity index (χ4n) is 3.63. The first-order chi connectivity index (χ1) is 18.0. The van der Waals surface area contributed by atoms with Gasteiger partial charge in [0.2, 0.25) is 26.0 Å². The number of benzene rings is 2. The van der Waals surface area contributed by atoms with Crippen LogP contribution in [0.3, 0.4) is 0 Å². The second kappa shape index (κ2) is 9.96. The Morgan fingerprint density at radius 2 is 1.61 bits per heavy atom. The highest BCUT2D eigenvalue weighted by atomic mass is 79.9. The zero-order valence-electron chi connectivity index (χ0n) is 20.3. The molecule has 0 saturated heterocycles. The highest BCUT2D eigenvalue weighted by Crippen LogP contribution is 2.36. The molecule has 5 rings (SSSR count). The maximum Gasteiger partial charge on any atom is 0.235 e. The third-order valence-electron chi connectivity index (χ3n) is 5.79. The lowest BCUT2D eigenvalue weighted by atomic mass is 10.2. The molecular formula is C23H23BrN8O4S2. The lowest BCUT2D eigenvalue weighted by molar-refractivity contribution is 0.598. The van der Waals surface area contributed by atoms with Crippen molar-refractivity contribution in [2.75, 3.05) is 33.0 Å². The molecule has 1 saturated carbocycles. The van der Waals surface area contributed by atoms with Crippen LogP contribution in [0.2, 0.25) is 0 Å². The zero-order valence-corrected chi connectivity index (χ0v) is 23.5. The van der Waals surface area contributed by atoms with Crippen molar-refractivity contribution >= 4 is 81.5 Å². The molecule has 3 N–H and O–H groups in total. The van der Waals surface area contributed by atoms with Gasteiger partial charge in [-0.1, -0.05) is 0 Å². The molecule has 15 heteroatoms. The average Bonchev–Trinajstić information content (AvgIpc) is 3.73. The summed E-state index contributed by atoms with van der Waals surface area (Å²) in [7, 11) is -5.51. The van der Waals surface area contributed by atoms with Gasteiger partial charge in [0.05, 0.1) is 27.2 Å². The summed E-state index contributed by atoms with van der Waals surface area (Å²) in [6, 6.07) is 10.2. The SMILES string of the molecule is CN(c1c(Nc2nc(Nc3ccc(NS(=O)(=O)C4CC4)cc3)ncc2Br)ccc2nccnc12)S(C)(=O)=O. The van der Waals surface area contributed by atoms with Crippen molar-refractivity contribution in [2.45, 2.75) is 18.1 Å². The molecule has 1 aliphatic rings. The molecule has 1 aliphatic carbocycles. The largest absolute Gasteiger partial charge is 0.337 e. The van der Waals surface area contributed by atoms with Gasteiger partial charge < -0.3 is 10.6 Å². The van der Waals surface area contributed by atoms with E-state index in [0.717, 1.165) is 10.6 Å². The quantitative estimate of drug-likeness (QED) is 0.250. The van der Waals surface area contributed by atoms with Crippen LogP contribution in [0.15, 0.2) is 59.5 Å². The summed E-state index contributed by atoms with van der Waals surface area (Å²) in [6.07, 6.45) is 7.06. The molecule has 38 heavy (non-hydrogen) atoms. The van der Waals surface area contributed by atoms with E-state index in [1.54, 1.807) is 42.6 Å². The number of fused-ring (bicyclic) bond motifs is 1. The van der Waals surface area contributed by atoms with E-state index in [4.69, 9.17) is 0 Å². The minimum atomic E-state index is -3.61. The molecule has 0 radical (unpaired) electrons. The Kier molecular flexibility index (Phi) is 6.83. The lowest BCUT2D eigenvalue weighted by Crippen LogP contribution is -2.26. The topological polar surface area (TPSA) is 159 Å². The van der Waals surface area contributed by atoms with Gasteiger partial charge in [-0.2, -0.15) is 4.98 Å². The molecular weight excluding hydrogens is 596 g/mol. The molecule has 0 bridgehead atoms. The van der Waals surface area contributed by atoms with Crippen LogP contribution in [-0.4, -0.2) is 55.3 Å². The fraction of sp³-hybridized carbons (Fsp3) is 0.217. The third kappa shape index (κ3) is 5.63. The van der Waals surface area contributed by atoms with Crippen LogP contribution < -0.4 is 19.7 Å². The second-order valence-electron chi connectivity index (χ2n) is 8.68. The molecule has 198 valence electrons. The first kappa shape index (κ1) is 26.1. The van der Waals surface area contributed by atoms with Crippen LogP contribution in [0.25, 0.3) is 11.0 Å². The van der Waals surface area contributed by atoms with Gasteiger partial charge in [-0.3, -0.25) is 19.0 Å². The average molecular weight is 620 g/mol. The Bertz CT molecular complexity index is 1730. The second-order valence-corrected chi connectivity index (χ2v) is 13.5. The summed E-state index contributed by atoms with van der Waals surface area (Å²) in [5, 5.41) is 5.95. The van der Waals surface area contributed by atoms with E-state index in [-0.39, 0.29) is 11.2 Å². The van der Waals surface area contributed by atoms with Crippen molar-refractivity contribution in [1.29, 1.82) is 0 Å². The Labute approximate surface area is 228 Å². The Balaban J connectivity index is 1.41. The van der Waals surface area contributed by atoms with Crippen LogP contribution in [0.1, 0.15) is 12.8 Å². The van der Waals surface area contributed by atoms with Gasteiger partial charge in [-0.05, 0) is 65.2 Å². The number of aromatic nitrogens is 4. The van der Waals surface area contributed by atoms with Crippen molar-refractivity contribution in [3.8, 4) is 0 Å². The number of hydrogen-bond acceptors (Lipinski definition) is 10. The Hall–Kier alpha value is -3.56. The van der Waals surface area contributed by atoms with Gasteiger partial charge in [0, 0.05) is 37.0 Å². The van der Waals surface area contributed by atoms with E-state index in [1.165, 1.54) is 19.4 Å². The summed E-state index contributed by atoms with van der Waals surface area (Å²) in [5.41, 5.74) is 2.84. The molecule has 0 unspecified atom stereocenters. The van der Waals surface area contributed by atoms with E-state index in [1.807, 2.05) is 0 Å². The number of rotatable bonds is 9. The molecule has 2 heterocycles. The standard InChI is InChI=1S/C23H23BrN8O4S2/c1-32(37(2,33)34)21-19(10-9-18-20(21)26-12-11-25-18)29-22-17(24)13-27-23(30-22)28-14-3-5-15(6-4-14)31-38(35,36)16-7-8-16/h3-6,9-13,16,31H,7-8H2,1-2H3,(H2,27,28,29,30). The van der Waals surface area contributed by atoms with Gasteiger partial charge in [-0.25, -0.2) is 21.8 Å². The third-order valence-corrected chi connectivity index (χ3v) is 9.41. The highest BCUT2D eigenvalue weighted by molar-refractivity contribution is 9.10. The highest BCUT2D eigenvalue weighted by Gasteiger charge is 2.35. The minimum Gasteiger partial charge on any atom is -0.337 e. The smallest absolute Gasteiger partial charge is 0.235 e.